The van der Waals surface area contributed by atoms with Gasteiger partial charge in [-0.2, -0.15) is 0 Å². The fraction of sp³-hybridized carbons (Fsp3) is 0.533. The minimum absolute atomic E-state index is 0.0509. The van der Waals surface area contributed by atoms with Gasteiger partial charge in [-0.25, -0.2) is 0 Å². The number of amides is 1. The summed E-state index contributed by atoms with van der Waals surface area (Å²) in [6.45, 7) is 6.03. The Kier molecular flexibility index (Phi) is 6.36. The van der Waals surface area contributed by atoms with Gasteiger partial charge in [-0.15, -0.1) is 0 Å². The second-order valence-corrected chi connectivity index (χ2v) is 4.80. The van der Waals surface area contributed by atoms with Crippen LogP contribution in [0.2, 0.25) is 0 Å². The Bertz CT molecular complexity index is 401. The fourth-order valence-corrected chi connectivity index (χ4v) is 1.99. The molecule has 0 aromatic heterocycles. The van der Waals surface area contributed by atoms with Gasteiger partial charge in [0, 0.05) is 17.6 Å². The number of hydrogen-bond acceptors (Lipinski definition) is 3. The summed E-state index contributed by atoms with van der Waals surface area (Å²) >= 11 is 0. The minimum Gasteiger partial charge on any atom is -0.483 e. The van der Waals surface area contributed by atoms with Crippen molar-refractivity contribution < 1.29 is 9.53 Å². The Morgan fingerprint density at radius 2 is 2.00 bits per heavy atom. The van der Waals surface area contributed by atoms with Crippen molar-refractivity contribution in [3.63, 3.8) is 0 Å². The molecule has 0 aliphatic heterocycles. The van der Waals surface area contributed by atoms with Crippen molar-refractivity contribution in [2.45, 2.75) is 39.3 Å². The van der Waals surface area contributed by atoms with Crippen LogP contribution in [0.1, 0.15) is 38.8 Å². The Hall–Kier alpha value is -1.55. The van der Waals surface area contributed by atoms with Gasteiger partial charge in [0.2, 0.25) is 0 Å². The first-order chi connectivity index (χ1) is 9.08. The van der Waals surface area contributed by atoms with Crippen LogP contribution in [0.3, 0.4) is 0 Å². The molecule has 1 atom stereocenters. The first-order valence-corrected chi connectivity index (χ1v) is 6.76. The molecular formula is C15H24N2O2. The Morgan fingerprint density at radius 3 is 2.58 bits per heavy atom. The van der Waals surface area contributed by atoms with Gasteiger partial charge >= 0.3 is 0 Å². The van der Waals surface area contributed by atoms with Crippen LogP contribution in [-0.4, -0.2) is 25.6 Å². The lowest BCUT2D eigenvalue weighted by Crippen LogP contribution is -2.34. The number of ether oxygens (including phenoxy) is 1. The third-order valence-electron chi connectivity index (χ3n) is 2.86. The van der Waals surface area contributed by atoms with E-state index in [1.807, 2.05) is 45.2 Å². The predicted molar refractivity (Wildman–Crippen MR) is 77.3 cm³/mol. The summed E-state index contributed by atoms with van der Waals surface area (Å²) in [4.78, 5) is 11.6. The summed E-state index contributed by atoms with van der Waals surface area (Å²) in [7, 11) is 1.93. The summed E-state index contributed by atoms with van der Waals surface area (Å²) in [5, 5.41) is 6.06. The van der Waals surface area contributed by atoms with Gasteiger partial charge in [-0.05, 0) is 33.4 Å². The monoisotopic (exact) mass is 264 g/mol. The Labute approximate surface area is 115 Å². The van der Waals surface area contributed by atoms with Gasteiger partial charge < -0.3 is 15.4 Å². The Balaban J connectivity index is 2.70. The lowest BCUT2D eigenvalue weighted by atomic mass is 10.0. The molecule has 0 aliphatic carbocycles. The smallest absolute Gasteiger partial charge is 0.258 e. The summed E-state index contributed by atoms with van der Waals surface area (Å²) in [6.07, 6.45) is 0.967. The van der Waals surface area contributed by atoms with Gasteiger partial charge in [0.1, 0.15) is 5.75 Å². The van der Waals surface area contributed by atoms with Gasteiger partial charge in [0.25, 0.3) is 5.91 Å². The van der Waals surface area contributed by atoms with Crippen molar-refractivity contribution in [2.75, 3.05) is 13.7 Å². The van der Waals surface area contributed by atoms with Crippen LogP contribution in [-0.2, 0) is 4.79 Å². The van der Waals surface area contributed by atoms with Crippen LogP contribution < -0.4 is 15.4 Å². The van der Waals surface area contributed by atoms with Crippen molar-refractivity contribution >= 4 is 5.91 Å². The molecule has 0 spiro atoms. The number of nitrogens with one attached hydrogen (secondary N) is 2. The molecule has 0 saturated carbocycles. The number of para-hydroxylation sites is 1. The zero-order valence-corrected chi connectivity index (χ0v) is 12.2. The average Bonchev–Trinajstić information content (AvgIpc) is 2.38. The maximum Gasteiger partial charge on any atom is 0.258 e. The normalized spacial score (nSPS) is 12.3. The van der Waals surface area contributed by atoms with E-state index in [2.05, 4.69) is 17.6 Å². The highest BCUT2D eigenvalue weighted by molar-refractivity contribution is 5.77. The van der Waals surface area contributed by atoms with Crippen molar-refractivity contribution in [3.8, 4) is 5.75 Å². The average molecular weight is 264 g/mol. The molecule has 1 unspecified atom stereocenters. The van der Waals surface area contributed by atoms with Crippen LogP contribution in [0, 0.1) is 0 Å². The molecule has 0 fully saturated rings. The summed E-state index contributed by atoms with van der Waals surface area (Å²) in [6, 6.07) is 8.20. The zero-order chi connectivity index (χ0) is 14.3. The fourth-order valence-electron chi connectivity index (χ4n) is 1.99. The molecule has 19 heavy (non-hydrogen) atoms. The lowest BCUT2D eigenvalue weighted by Gasteiger charge is -2.18. The molecule has 1 rings (SSSR count). The van der Waals surface area contributed by atoms with Gasteiger partial charge in [-0.3, -0.25) is 4.79 Å². The molecule has 0 radical (unpaired) electrons. The van der Waals surface area contributed by atoms with E-state index in [0.29, 0.717) is 0 Å². The van der Waals surface area contributed by atoms with Gasteiger partial charge in [0.05, 0.1) is 0 Å². The maximum atomic E-state index is 11.6. The van der Waals surface area contributed by atoms with Crippen LogP contribution in [0.25, 0.3) is 0 Å². The van der Waals surface area contributed by atoms with Crippen molar-refractivity contribution in [1.29, 1.82) is 0 Å². The highest BCUT2D eigenvalue weighted by Gasteiger charge is 2.13. The van der Waals surface area contributed by atoms with Crippen LogP contribution in [0.4, 0.5) is 0 Å². The first kappa shape index (κ1) is 15.5. The standard InChI is InChI=1S/C15H24N2O2/c1-5-13(16-4)12-8-6-7-9-14(12)19-10-15(18)17-11(2)3/h6-9,11,13,16H,5,10H2,1-4H3,(H,17,18). The molecule has 0 bridgehead atoms. The number of benzene rings is 1. The molecule has 1 aromatic rings. The van der Waals surface area contributed by atoms with Crippen LogP contribution in [0.15, 0.2) is 24.3 Å². The molecule has 2 N–H and O–H groups in total. The number of rotatable bonds is 7. The lowest BCUT2D eigenvalue weighted by molar-refractivity contribution is -0.123. The minimum atomic E-state index is -0.0951. The van der Waals surface area contributed by atoms with Crippen molar-refractivity contribution in [2.24, 2.45) is 0 Å². The molecule has 106 valence electrons. The van der Waals surface area contributed by atoms with E-state index in [-0.39, 0.29) is 24.6 Å². The molecule has 1 amide bonds. The molecule has 4 heteroatoms. The molecule has 4 nitrogen and oxygen atoms in total. The Morgan fingerprint density at radius 1 is 1.32 bits per heavy atom. The summed E-state index contributed by atoms with van der Waals surface area (Å²) in [5.74, 6) is 0.671. The van der Waals surface area contributed by atoms with Gasteiger partial charge in [0.15, 0.2) is 6.61 Å². The predicted octanol–water partition coefficient (Wildman–Crippen LogP) is 2.26. The van der Waals surface area contributed by atoms with E-state index in [1.54, 1.807) is 0 Å². The third kappa shape index (κ3) is 4.91. The maximum absolute atomic E-state index is 11.6. The topological polar surface area (TPSA) is 50.4 Å². The van der Waals surface area contributed by atoms with E-state index in [9.17, 15) is 4.79 Å². The largest absolute Gasteiger partial charge is 0.483 e. The van der Waals surface area contributed by atoms with Crippen molar-refractivity contribution in [3.05, 3.63) is 29.8 Å². The molecule has 1 aromatic carbocycles. The third-order valence-corrected chi connectivity index (χ3v) is 2.86. The quantitative estimate of drug-likeness (QED) is 0.794. The molecule has 0 saturated heterocycles. The summed E-state index contributed by atoms with van der Waals surface area (Å²) < 4.78 is 5.63. The summed E-state index contributed by atoms with van der Waals surface area (Å²) in [5.41, 5.74) is 1.09. The van der Waals surface area contributed by atoms with Crippen molar-refractivity contribution in [1.82, 2.24) is 10.6 Å². The zero-order valence-electron chi connectivity index (χ0n) is 12.2. The number of carbonyl (C=O) groups is 1. The highest BCUT2D eigenvalue weighted by atomic mass is 16.5. The molecule has 0 aliphatic rings. The van der Waals surface area contributed by atoms with E-state index < -0.39 is 0 Å². The second kappa shape index (κ2) is 7.79. The molecule has 0 heterocycles. The van der Waals surface area contributed by atoms with E-state index in [0.717, 1.165) is 17.7 Å². The van der Waals surface area contributed by atoms with E-state index in [1.165, 1.54) is 0 Å². The van der Waals surface area contributed by atoms with E-state index >= 15 is 0 Å². The van der Waals surface area contributed by atoms with E-state index in [4.69, 9.17) is 4.74 Å². The van der Waals surface area contributed by atoms with Gasteiger partial charge in [-0.1, -0.05) is 25.1 Å². The number of hydrogen-bond donors (Lipinski definition) is 2. The highest BCUT2D eigenvalue weighted by Crippen LogP contribution is 2.26. The van der Waals surface area contributed by atoms with Crippen LogP contribution >= 0.6 is 0 Å². The SMILES string of the molecule is CCC(NC)c1ccccc1OCC(=O)NC(C)C. The number of carbonyl (C=O) groups excluding carboxylic acids is 1. The first-order valence-electron chi connectivity index (χ1n) is 6.76. The second-order valence-electron chi connectivity index (χ2n) is 4.80. The molecular weight excluding hydrogens is 240 g/mol. The van der Waals surface area contributed by atoms with Crippen LogP contribution in [0.5, 0.6) is 5.75 Å².